The molecule has 5 nitrogen and oxygen atoms in total. The zero-order valence-electron chi connectivity index (χ0n) is 10.5. The molecule has 0 aromatic heterocycles. The molecule has 0 heterocycles. The first-order valence-corrected chi connectivity index (χ1v) is 5.93. The highest BCUT2D eigenvalue weighted by Crippen LogP contribution is 2.02. The monoisotopic (exact) mass is 268 g/mol. The van der Waals surface area contributed by atoms with Gasteiger partial charge < -0.3 is 15.8 Å². The summed E-state index contributed by atoms with van der Waals surface area (Å²) in [6.07, 6.45) is -0.532. The molecule has 0 saturated carbocycles. The summed E-state index contributed by atoms with van der Waals surface area (Å²) in [5, 5.41) is 2.35. The number of carbonyl (C=O) groups is 2. The van der Waals surface area contributed by atoms with E-state index in [2.05, 4.69) is 5.32 Å². The summed E-state index contributed by atoms with van der Waals surface area (Å²) in [5.41, 5.74) is 5.80. The maximum atomic E-state index is 12.6. The van der Waals surface area contributed by atoms with Crippen molar-refractivity contribution in [2.75, 3.05) is 6.67 Å². The van der Waals surface area contributed by atoms with Crippen LogP contribution in [0.4, 0.5) is 9.18 Å². The third-order valence-corrected chi connectivity index (χ3v) is 2.46. The fourth-order valence-corrected chi connectivity index (χ4v) is 1.44. The van der Waals surface area contributed by atoms with Gasteiger partial charge in [-0.15, -0.1) is 0 Å². The standard InChI is InChI=1S/C13H17FN2O3/c14-8-11(6-7-12(15)17)16-13(18)19-9-10-4-2-1-3-5-10/h1-5,11H,6-9H2,(H2,15,17)(H,16,18)/t11-/m0/s1. The molecule has 1 atom stereocenters. The minimum atomic E-state index is -0.770. The van der Waals surface area contributed by atoms with E-state index >= 15 is 0 Å². The fourth-order valence-electron chi connectivity index (χ4n) is 1.44. The summed E-state index contributed by atoms with van der Waals surface area (Å²) in [5.74, 6) is -0.530. The summed E-state index contributed by atoms with van der Waals surface area (Å²) in [4.78, 5) is 22.0. The van der Waals surface area contributed by atoms with Gasteiger partial charge in [0, 0.05) is 6.42 Å². The van der Waals surface area contributed by atoms with Crippen LogP contribution in [0.2, 0.25) is 0 Å². The Hall–Kier alpha value is -2.11. The highest BCUT2D eigenvalue weighted by atomic mass is 19.1. The van der Waals surface area contributed by atoms with E-state index in [0.717, 1.165) is 5.56 Å². The number of alkyl halides is 1. The Kier molecular flexibility index (Phi) is 6.35. The lowest BCUT2D eigenvalue weighted by Gasteiger charge is -2.14. The molecule has 0 aliphatic heterocycles. The molecule has 0 radical (unpaired) electrons. The molecule has 0 bridgehead atoms. The van der Waals surface area contributed by atoms with Crippen LogP contribution in [0.5, 0.6) is 0 Å². The second-order valence-corrected chi connectivity index (χ2v) is 4.06. The van der Waals surface area contributed by atoms with E-state index in [4.69, 9.17) is 10.5 Å². The largest absolute Gasteiger partial charge is 0.445 e. The lowest BCUT2D eigenvalue weighted by molar-refractivity contribution is -0.118. The van der Waals surface area contributed by atoms with E-state index < -0.39 is 24.7 Å². The minimum Gasteiger partial charge on any atom is -0.445 e. The van der Waals surface area contributed by atoms with Gasteiger partial charge in [-0.1, -0.05) is 30.3 Å². The van der Waals surface area contributed by atoms with Crippen LogP contribution in [0.15, 0.2) is 30.3 Å². The molecule has 0 fully saturated rings. The second kappa shape index (κ2) is 8.07. The predicted octanol–water partition coefficient (Wildman–Crippen LogP) is 1.52. The average Bonchev–Trinajstić information content (AvgIpc) is 2.42. The Labute approximate surface area is 110 Å². The number of halogens is 1. The first kappa shape index (κ1) is 14.9. The van der Waals surface area contributed by atoms with Gasteiger partial charge in [-0.2, -0.15) is 0 Å². The normalized spacial score (nSPS) is 11.6. The van der Waals surface area contributed by atoms with Crippen molar-refractivity contribution in [1.29, 1.82) is 0 Å². The van der Waals surface area contributed by atoms with E-state index in [0.29, 0.717) is 0 Å². The zero-order valence-corrected chi connectivity index (χ0v) is 10.5. The smallest absolute Gasteiger partial charge is 0.407 e. The Morgan fingerprint density at radius 1 is 1.32 bits per heavy atom. The van der Waals surface area contributed by atoms with Crippen molar-refractivity contribution in [3.8, 4) is 0 Å². The maximum Gasteiger partial charge on any atom is 0.407 e. The summed E-state index contributed by atoms with van der Waals surface area (Å²) in [6.45, 7) is -0.658. The number of rotatable bonds is 7. The number of nitrogens with one attached hydrogen (secondary N) is 1. The van der Waals surface area contributed by atoms with Gasteiger partial charge >= 0.3 is 6.09 Å². The van der Waals surface area contributed by atoms with E-state index in [1.165, 1.54) is 0 Å². The van der Waals surface area contributed by atoms with Crippen molar-refractivity contribution in [3.63, 3.8) is 0 Å². The molecule has 3 N–H and O–H groups in total. The van der Waals surface area contributed by atoms with E-state index in [1.54, 1.807) is 0 Å². The number of nitrogens with two attached hydrogens (primary N) is 1. The molecule has 104 valence electrons. The highest BCUT2D eigenvalue weighted by molar-refractivity contribution is 5.74. The third-order valence-electron chi connectivity index (χ3n) is 2.46. The number of ether oxygens (including phenoxy) is 1. The molecule has 1 aromatic rings. The minimum absolute atomic E-state index is 0.0214. The molecule has 0 spiro atoms. The van der Waals surface area contributed by atoms with Gasteiger partial charge in [-0.25, -0.2) is 9.18 Å². The van der Waals surface area contributed by atoms with Gasteiger partial charge in [-0.3, -0.25) is 4.79 Å². The third kappa shape index (κ3) is 6.40. The van der Waals surface area contributed by atoms with Crippen molar-refractivity contribution < 1.29 is 18.7 Å². The summed E-state index contributed by atoms with van der Waals surface area (Å²) in [7, 11) is 0. The summed E-state index contributed by atoms with van der Waals surface area (Å²) in [6, 6.07) is 8.38. The van der Waals surface area contributed by atoms with Crippen LogP contribution < -0.4 is 11.1 Å². The molecule has 6 heteroatoms. The molecule has 1 aromatic carbocycles. The van der Waals surface area contributed by atoms with Gasteiger partial charge in [0.05, 0.1) is 6.04 Å². The Bertz CT molecular complexity index is 412. The maximum absolute atomic E-state index is 12.6. The zero-order chi connectivity index (χ0) is 14.1. The topological polar surface area (TPSA) is 81.4 Å². The van der Waals surface area contributed by atoms with Crippen LogP contribution in [0.1, 0.15) is 18.4 Å². The number of carbonyl (C=O) groups excluding carboxylic acids is 2. The van der Waals surface area contributed by atoms with Crippen molar-refractivity contribution in [2.45, 2.75) is 25.5 Å². The molecular formula is C13H17FN2O3. The Morgan fingerprint density at radius 2 is 2.00 bits per heavy atom. The van der Waals surface area contributed by atoms with E-state index in [1.807, 2.05) is 30.3 Å². The fraction of sp³-hybridized carbons (Fsp3) is 0.385. The number of alkyl carbamates (subject to hydrolysis) is 1. The predicted molar refractivity (Wildman–Crippen MR) is 68.0 cm³/mol. The molecule has 0 unspecified atom stereocenters. The quantitative estimate of drug-likeness (QED) is 0.786. The molecule has 0 aliphatic rings. The number of hydrogen-bond donors (Lipinski definition) is 2. The summed E-state index contributed by atoms with van der Waals surface area (Å²) >= 11 is 0. The number of amides is 2. The van der Waals surface area contributed by atoms with E-state index in [-0.39, 0.29) is 19.4 Å². The van der Waals surface area contributed by atoms with Crippen LogP contribution in [-0.2, 0) is 16.1 Å². The molecule has 2 amide bonds. The Morgan fingerprint density at radius 3 is 2.58 bits per heavy atom. The van der Waals surface area contributed by atoms with Crippen LogP contribution in [-0.4, -0.2) is 24.7 Å². The second-order valence-electron chi connectivity index (χ2n) is 4.06. The van der Waals surface area contributed by atoms with Gasteiger partial charge in [0.15, 0.2) is 0 Å². The SMILES string of the molecule is NC(=O)CC[C@@H](CF)NC(=O)OCc1ccccc1. The van der Waals surface area contributed by atoms with Crippen molar-refractivity contribution >= 4 is 12.0 Å². The van der Waals surface area contributed by atoms with Crippen molar-refractivity contribution in [1.82, 2.24) is 5.32 Å². The van der Waals surface area contributed by atoms with Gasteiger partial charge in [0.1, 0.15) is 13.3 Å². The number of primary amides is 1. The lowest BCUT2D eigenvalue weighted by atomic mass is 10.2. The average molecular weight is 268 g/mol. The van der Waals surface area contributed by atoms with Crippen LogP contribution in [0, 0.1) is 0 Å². The number of benzene rings is 1. The lowest BCUT2D eigenvalue weighted by Crippen LogP contribution is -2.37. The van der Waals surface area contributed by atoms with Gasteiger partial charge in [0.25, 0.3) is 0 Å². The van der Waals surface area contributed by atoms with Gasteiger partial charge in [-0.05, 0) is 12.0 Å². The Balaban J connectivity index is 2.30. The van der Waals surface area contributed by atoms with Crippen molar-refractivity contribution in [3.05, 3.63) is 35.9 Å². The molecule has 19 heavy (non-hydrogen) atoms. The number of hydrogen-bond acceptors (Lipinski definition) is 3. The van der Waals surface area contributed by atoms with Crippen LogP contribution in [0.25, 0.3) is 0 Å². The van der Waals surface area contributed by atoms with Crippen LogP contribution in [0.3, 0.4) is 0 Å². The van der Waals surface area contributed by atoms with E-state index in [9.17, 15) is 14.0 Å². The highest BCUT2D eigenvalue weighted by Gasteiger charge is 2.14. The first-order chi connectivity index (χ1) is 9.11. The first-order valence-electron chi connectivity index (χ1n) is 5.93. The molecular weight excluding hydrogens is 251 g/mol. The van der Waals surface area contributed by atoms with Crippen LogP contribution >= 0.6 is 0 Å². The van der Waals surface area contributed by atoms with Crippen molar-refractivity contribution in [2.24, 2.45) is 5.73 Å². The van der Waals surface area contributed by atoms with Gasteiger partial charge in [0.2, 0.25) is 5.91 Å². The molecule has 0 saturated heterocycles. The molecule has 1 rings (SSSR count). The summed E-state index contributed by atoms with van der Waals surface area (Å²) < 4.78 is 17.5. The molecule has 0 aliphatic carbocycles.